The summed E-state index contributed by atoms with van der Waals surface area (Å²) in [6.07, 6.45) is 1.48. The molecule has 0 heterocycles. The van der Waals surface area contributed by atoms with Gasteiger partial charge in [0.15, 0.2) is 0 Å². The average molecular weight is 417 g/mol. The molecule has 0 fully saturated rings. The lowest BCUT2D eigenvalue weighted by molar-refractivity contribution is 0.0419. The summed E-state index contributed by atoms with van der Waals surface area (Å²) in [5.41, 5.74) is 3.90. The molecule has 4 nitrogen and oxygen atoms in total. The molecule has 0 spiro atoms. The molecule has 0 aromatic heterocycles. The van der Waals surface area contributed by atoms with Crippen molar-refractivity contribution >= 4 is 11.8 Å². The van der Waals surface area contributed by atoms with Gasteiger partial charge in [-0.15, -0.1) is 0 Å². The molecule has 0 aliphatic carbocycles. The van der Waals surface area contributed by atoms with Gasteiger partial charge < -0.3 is 0 Å². The van der Waals surface area contributed by atoms with Crippen LogP contribution in [0.4, 0.5) is 8.78 Å². The first-order valence-electron chi connectivity index (χ1n) is 10.1. The summed E-state index contributed by atoms with van der Waals surface area (Å²) in [4.78, 5) is 26.6. The Kier molecular flexibility index (Phi) is 7.48. The van der Waals surface area contributed by atoms with Gasteiger partial charge in [0.25, 0.3) is 11.8 Å². The van der Waals surface area contributed by atoms with E-state index in [0.29, 0.717) is 6.42 Å². The molecular weight excluding hydrogens is 386 g/mol. The van der Waals surface area contributed by atoms with Gasteiger partial charge in [-0.25, -0.2) is 19.2 Å². The van der Waals surface area contributed by atoms with Crippen molar-refractivity contribution in [3.8, 4) is 0 Å². The number of benzene rings is 2. The van der Waals surface area contributed by atoms with E-state index in [-0.39, 0.29) is 17.0 Å². The van der Waals surface area contributed by atoms with Gasteiger partial charge >= 0.3 is 0 Å². The van der Waals surface area contributed by atoms with Crippen molar-refractivity contribution in [1.29, 1.82) is 0 Å². The van der Waals surface area contributed by atoms with Crippen LogP contribution in [0.3, 0.4) is 0 Å². The number of nitrogens with one attached hydrogen (secondary N) is 1. The molecular formula is C24H30F2N2O2. The zero-order chi connectivity index (χ0) is 22.6. The summed E-state index contributed by atoms with van der Waals surface area (Å²) in [6, 6.07) is 8.13. The minimum absolute atomic E-state index is 0.267. The smallest absolute Gasteiger partial charge is 0.267 e. The Balaban J connectivity index is 2.56. The molecule has 0 radical (unpaired) electrons. The highest BCUT2D eigenvalue weighted by Gasteiger charge is 2.34. The van der Waals surface area contributed by atoms with E-state index < -0.39 is 29.0 Å². The number of carbonyl (C=O) groups excluding carboxylic acids is 2. The predicted molar refractivity (Wildman–Crippen MR) is 114 cm³/mol. The number of nitrogens with zero attached hydrogens (tertiary/aromatic N) is 1. The second-order valence-electron chi connectivity index (χ2n) is 8.76. The zero-order valence-corrected chi connectivity index (χ0v) is 18.5. The zero-order valence-electron chi connectivity index (χ0n) is 18.5. The highest BCUT2D eigenvalue weighted by atomic mass is 19.1. The van der Waals surface area contributed by atoms with Crippen LogP contribution in [0.2, 0.25) is 0 Å². The standard InChI is InChI=1S/C24H30F2N2O2/c1-7-9-20(24(4,5)6)27-28(22(29)17-13-15(2)12-16(3)14-17)23(30)21-18(25)10-8-11-19(21)26/h8,10-14,20,27H,7,9H2,1-6H3/t20-/m0/s1. The number of carbonyl (C=O) groups is 2. The lowest BCUT2D eigenvalue weighted by Gasteiger charge is -2.35. The molecule has 2 aromatic carbocycles. The Bertz CT molecular complexity index is 895. The van der Waals surface area contributed by atoms with Crippen LogP contribution in [0.5, 0.6) is 0 Å². The molecule has 162 valence electrons. The van der Waals surface area contributed by atoms with E-state index in [9.17, 15) is 18.4 Å². The SMILES string of the molecule is CCC[C@H](NN(C(=O)c1cc(C)cc(C)c1)C(=O)c1c(F)cccc1F)C(C)(C)C. The van der Waals surface area contributed by atoms with Gasteiger partial charge in [0.1, 0.15) is 17.2 Å². The van der Waals surface area contributed by atoms with E-state index in [4.69, 9.17) is 0 Å². The minimum Gasteiger partial charge on any atom is -0.267 e. The number of hydrogen-bond donors (Lipinski definition) is 1. The third-order valence-electron chi connectivity index (χ3n) is 4.96. The second-order valence-corrected chi connectivity index (χ2v) is 8.76. The van der Waals surface area contributed by atoms with Crippen molar-refractivity contribution < 1.29 is 18.4 Å². The van der Waals surface area contributed by atoms with Crippen LogP contribution in [-0.2, 0) is 0 Å². The molecule has 1 atom stereocenters. The number of halogens is 2. The average Bonchev–Trinajstić information content (AvgIpc) is 2.62. The van der Waals surface area contributed by atoms with Gasteiger partial charge in [-0.05, 0) is 49.9 Å². The highest BCUT2D eigenvalue weighted by molar-refractivity contribution is 6.10. The van der Waals surface area contributed by atoms with Crippen molar-refractivity contribution in [3.05, 3.63) is 70.3 Å². The van der Waals surface area contributed by atoms with Crippen LogP contribution in [0, 0.1) is 30.9 Å². The fraction of sp³-hybridized carbons (Fsp3) is 0.417. The molecule has 6 heteroatoms. The fourth-order valence-electron chi connectivity index (χ4n) is 3.39. The van der Waals surface area contributed by atoms with E-state index in [0.717, 1.165) is 34.7 Å². The van der Waals surface area contributed by atoms with E-state index in [1.54, 1.807) is 12.1 Å². The van der Waals surface area contributed by atoms with Gasteiger partial charge in [0.05, 0.1) is 0 Å². The van der Waals surface area contributed by atoms with E-state index >= 15 is 0 Å². The largest absolute Gasteiger partial charge is 0.281 e. The van der Waals surface area contributed by atoms with Crippen molar-refractivity contribution in [2.24, 2.45) is 5.41 Å². The second kappa shape index (κ2) is 9.47. The highest BCUT2D eigenvalue weighted by Crippen LogP contribution is 2.25. The van der Waals surface area contributed by atoms with E-state index in [1.165, 1.54) is 6.07 Å². The van der Waals surface area contributed by atoms with Gasteiger partial charge in [-0.1, -0.05) is 57.4 Å². The quantitative estimate of drug-likeness (QED) is 0.494. The number of hydrogen-bond acceptors (Lipinski definition) is 3. The van der Waals surface area contributed by atoms with Gasteiger partial charge in [0.2, 0.25) is 0 Å². The van der Waals surface area contributed by atoms with Crippen molar-refractivity contribution in [2.75, 3.05) is 0 Å². The molecule has 0 aliphatic heterocycles. The number of rotatable bonds is 6. The molecule has 2 amide bonds. The maximum absolute atomic E-state index is 14.3. The summed E-state index contributed by atoms with van der Waals surface area (Å²) in [5.74, 6) is -3.73. The molecule has 0 bridgehead atoms. The lowest BCUT2D eigenvalue weighted by atomic mass is 9.84. The first-order valence-corrected chi connectivity index (χ1v) is 10.1. The van der Waals surface area contributed by atoms with Crippen LogP contribution >= 0.6 is 0 Å². The van der Waals surface area contributed by atoms with Crippen molar-refractivity contribution in [2.45, 2.75) is 60.4 Å². The van der Waals surface area contributed by atoms with Crippen LogP contribution in [0.1, 0.15) is 72.4 Å². The van der Waals surface area contributed by atoms with Crippen LogP contribution in [-0.4, -0.2) is 22.9 Å². The molecule has 2 rings (SSSR count). The van der Waals surface area contributed by atoms with Crippen LogP contribution in [0.15, 0.2) is 36.4 Å². The first kappa shape index (κ1) is 23.7. The van der Waals surface area contributed by atoms with E-state index in [1.807, 2.05) is 47.6 Å². The molecule has 0 saturated heterocycles. The van der Waals surface area contributed by atoms with Crippen molar-refractivity contribution in [3.63, 3.8) is 0 Å². The maximum atomic E-state index is 14.3. The molecule has 0 aliphatic rings. The molecule has 0 unspecified atom stereocenters. The summed E-state index contributed by atoms with van der Waals surface area (Å²) in [6.45, 7) is 11.6. The Hall–Kier alpha value is -2.60. The Morgan fingerprint density at radius 2 is 1.53 bits per heavy atom. The van der Waals surface area contributed by atoms with Gasteiger partial charge in [-0.3, -0.25) is 9.59 Å². The summed E-state index contributed by atoms with van der Waals surface area (Å²) < 4.78 is 28.7. The van der Waals surface area contributed by atoms with Crippen molar-refractivity contribution in [1.82, 2.24) is 10.4 Å². The topological polar surface area (TPSA) is 49.4 Å². The molecule has 30 heavy (non-hydrogen) atoms. The number of aryl methyl sites for hydroxylation is 2. The van der Waals surface area contributed by atoms with Gasteiger partial charge in [0, 0.05) is 11.6 Å². The summed E-state index contributed by atoms with van der Waals surface area (Å²) in [5, 5.41) is 0.765. The summed E-state index contributed by atoms with van der Waals surface area (Å²) in [7, 11) is 0. The number of imide groups is 1. The Labute approximate surface area is 177 Å². The molecule has 2 aromatic rings. The number of amides is 2. The Morgan fingerprint density at radius 3 is 2.00 bits per heavy atom. The predicted octanol–water partition coefficient (Wildman–Crippen LogP) is 5.58. The fourth-order valence-corrected chi connectivity index (χ4v) is 3.39. The van der Waals surface area contributed by atoms with Crippen LogP contribution in [0.25, 0.3) is 0 Å². The van der Waals surface area contributed by atoms with Gasteiger partial charge in [-0.2, -0.15) is 0 Å². The first-order chi connectivity index (χ1) is 14.0. The molecule has 0 saturated carbocycles. The van der Waals surface area contributed by atoms with Crippen LogP contribution < -0.4 is 5.43 Å². The monoisotopic (exact) mass is 416 g/mol. The normalized spacial score (nSPS) is 12.5. The van der Waals surface area contributed by atoms with E-state index in [2.05, 4.69) is 5.43 Å². The lowest BCUT2D eigenvalue weighted by Crippen LogP contribution is -2.55. The third-order valence-corrected chi connectivity index (χ3v) is 4.96. The summed E-state index contributed by atoms with van der Waals surface area (Å²) >= 11 is 0. The maximum Gasteiger partial charge on any atom is 0.281 e. The minimum atomic E-state index is -1.06. The molecule has 1 N–H and O–H groups in total. The number of hydrazine groups is 1. The third kappa shape index (κ3) is 5.51. The Morgan fingerprint density at radius 1 is 1.00 bits per heavy atom.